The first kappa shape index (κ1) is 14.4. The maximum atomic E-state index is 10.9. The van der Waals surface area contributed by atoms with Crippen molar-refractivity contribution < 1.29 is 19.0 Å². The maximum absolute atomic E-state index is 10.9. The van der Waals surface area contributed by atoms with Gasteiger partial charge in [0.25, 0.3) is 0 Å². The quantitative estimate of drug-likeness (QED) is 0.613. The normalized spacial score (nSPS) is 16.4. The van der Waals surface area contributed by atoms with Crippen LogP contribution in [0.25, 0.3) is 0 Å². The Balaban J connectivity index is 2.71. The molecule has 0 amide bonds. The van der Waals surface area contributed by atoms with Crippen LogP contribution < -0.4 is 14.2 Å². The molecule has 5 heteroatoms. The zero-order valence-corrected chi connectivity index (χ0v) is 12.1. The molecule has 1 aromatic carbocycles. The molecule has 0 heterocycles. The van der Waals surface area contributed by atoms with Gasteiger partial charge in [-0.1, -0.05) is 12.8 Å². The van der Waals surface area contributed by atoms with E-state index >= 15 is 0 Å². The summed E-state index contributed by atoms with van der Waals surface area (Å²) >= 11 is 0. The minimum atomic E-state index is -0.618. The molecule has 1 fully saturated rings. The van der Waals surface area contributed by atoms with E-state index in [1.165, 1.54) is 0 Å². The summed E-state index contributed by atoms with van der Waals surface area (Å²) in [6, 6.07) is 3.60. The van der Waals surface area contributed by atoms with Crippen molar-refractivity contribution in [2.45, 2.75) is 31.2 Å². The lowest BCUT2D eigenvalue weighted by atomic mass is 9.87. The Kier molecular flexibility index (Phi) is 4.30. The van der Waals surface area contributed by atoms with Crippen LogP contribution in [0, 0.1) is 0 Å². The number of hydrogen-bond acceptors (Lipinski definition) is 5. The van der Waals surface area contributed by atoms with Crippen molar-refractivity contribution >= 4 is 6.08 Å². The van der Waals surface area contributed by atoms with E-state index in [4.69, 9.17) is 14.2 Å². The third kappa shape index (κ3) is 2.25. The summed E-state index contributed by atoms with van der Waals surface area (Å²) in [5.41, 5.74) is 0.162. The molecule has 2 rings (SSSR count). The predicted molar refractivity (Wildman–Crippen MR) is 74.4 cm³/mol. The number of carbonyl (C=O) groups excluding carboxylic acids is 1. The topological polar surface area (TPSA) is 57.1 Å². The molecular formula is C15H19NO4. The Bertz CT molecular complexity index is 529. The molecule has 0 bridgehead atoms. The highest BCUT2D eigenvalue weighted by molar-refractivity contribution is 5.58. The van der Waals surface area contributed by atoms with Gasteiger partial charge in [0, 0.05) is 0 Å². The van der Waals surface area contributed by atoms with E-state index in [1.807, 2.05) is 6.07 Å². The van der Waals surface area contributed by atoms with Gasteiger partial charge >= 0.3 is 0 Å². The lowest BCUT2D eigenvalue weighted by molar-refractivity contribution is 0.322. The van der Waals surface area contributed by atoms with Crippen molar-refractivity contribution in [1.82, 2.24) is 0 Å². The molecule has 0 spiro atoms. The Labute approximate surface area is 118 Å². The number of aliphatic imine (C=N–C) groups is 1. The predicted octanol–water partition coefficient (Wildman–Crippen LogP) is 2.82. The lowest BCUT2D eigenvalue weighted by Crippen LogP contribution is -2.21. The zero-order valence-electron chi connectivity index (χ0n) is 12.1. The summed E-state index contributed by atoms with van der Waals surface area (Å²) in [6.45, 7) is 0. The average Bonchev–Trinajstić information content (AvgIpc) is 2.95. The van der Waals surface area contributed by atoms with Crippen LogP contribution in [0.4, 0.5) is 0 Å². The molecule has 0 N–H and O–H groups in total. The SMILES string of the molecule is COc1ccc(OC)c(C2(N=C=O)CCCC2)c1OC. The van der Waals surface area contributed by atoms with Gasteiger partial charge in [0.05, 0.1) is 26.9 Å². The van der Waals surface area contributed by atoms with Crippen molar-refractivity contribution in [2.24, 2.45) is 4.99 Å². The van der Waals surface area contributed by atoms with Gasteiger partial charge in [0.1, 0.15) is 11.3 Å². The zero-order chi connectivity index (χ0) is 14.6. The van der Waals surface area contributed by atoms with Gasteiger partial charge in [-0.2, -0.15) is 4.99 Å². The Hall–Kier alpha value is -2.00. The van der Waals surface area contributed by atoms with Gasteiger partial charge in [0.2, 0.25) is 6.08 Å². The summed E-state index contributed by atoms with van der Waals surface area (Å²) in [6.07, 6.45) is 5.29. The van der Waals surface area contributed by atoms with Crippen LogP contribution in [0.3, 0.4) is 0 Å². The Morgan fingerprint density at radius 2 is 1.65 bits per heavy atom. The third-order valence-electron chi connectivity index (χ3n) is 3.88. The largest absolute Gasteiger partial charge is 0.496 e. The van der Waals surface area contributed by atoms with Crippen molar-refractivity contribution in [3.63, 3.8) is 0 Å². The van der Waals surface area contributed by atoms with E-state index in [9.17, 15) is 4.79 Å². The molecule has 1 saturated carbocycles. The summed E-state index contributed by atoms with van der Waals surface area (Å²) in [5, 5.41) is 0. The first-order valence-electron chi connectivity index (χ1n) is 6.61. The molecule has 0 aromatic heterocycles. The molecule has 0 radical (unpaired) electrons. The molecule has 1 aliphatic carbocycles. The van der Waals surface area contributed by atoms with Gasteiger partial charge in [-0.05, 0) is 25.0 Å². The molecule has 108 valence electrons. The summed E-state index contributed by atoms with van der Waals surface area (Å²) < 4.78 is 16.3. The molecule has 0 saturated heterocycles. The van der Waals surface area contributed by atoms with Crippen LogP contribution in [0.15, 0.2) is 17.1 Å². The second-order valence-corrected chi connectivity index (χ2v) is 4.82. The minimum Gasteiger partial charge on any atom is -0.496 e. The second kappa shape index (κ2) is 5.97. The van der Waals surface area contributed by atoms with Crippen molar-refractivity contribution in [3.05, 3.63) is 17.7 Å². The Morgan fingerprint density at radius 1 is 1.05 bits per heavy atom. The number of rotatable bonds is 5. The lowest BCUT2D eigenvalue weighted by Gasteiger charge is -2.27. The monoisotopic (exact) mass is 277 g/mol. The maximum Gasteiger partial charge on any atom is 0.235 e. The highest BCUT2D eigenvalue weighted by atomic mass is 16.5. The smallest absolute Gasteiger partial charge is 0.235 e. The summed E-state index contributed by atoms with van der Waals surface area (Å²) in [5.74, 6) is 1.84. The molecule has 1 aliphatic rings. The molecule has 1 aromatic rings. The number of hydrogen-bond donors (Lipinski definition) is 0. The van der Waals surface area contributed by atoms with Crippen LogP contribution in [0.1, 0.15) is 31.2 Å². The third-order valence-corrected chi connectivity index (χ3v) is 3.88. The summed E-state index contributed by atoms with van der Waals surface area (Å²) in [4.78, 5) is 15.0. The van der Waals surface area contributed by atoms with Crippen LogP contribution in [-0.4, -0.2) is 27.4 Å². The highest BCUT2D eigenvalue weighted by Gasteiger charge is 2.41. The minimum absolute atomic E-state index is 0.577. The van der Waals surface area contributed by atoms with Crippen molar-refractivity contribution in [1.29, 1.82) is 0 Å². The number of methoxy groups -OCH3 is 3. The van der Waals surface area contributed by atoms with Crippen LogP contribution >= 0.6 is 0 Å². The standard InChI is InChI=1S/C15H19NO4/c1-18-11-6-7-12(19-2)14(20-3)13(11)15(16-10-17)8-4-5-9-15/h6-7H,4-5,8-9H2,1-3H3. The van der Waals surface area contributed by atoms with Gasteiger partial charge in [-0.25, -0.2) is 4.79 Å². The first-order chi connectivity index (χ1) is 9.72. The van der Waals surface area contributed by atoms with E-state index in [-0.39, 0.29) is 0 Å². The first-order valence-corrected chi connectivity index (χ1v) is 6.61. The van der Waals surface area contributed by atoms with Crippen LogP contribution in [0.5, 0.6) is 17.2 Å². The highest BCUT2D eigenvalue weighted by Crippen LogP contribution is 2.52. The fourth-order valence-corrected chi connectivity index (χ4v) is 2.98. The molecule has 0 unspecified atom stereocenters. The van der Waals surface area contributed by atoms with E-state index in [2.05, 4.69) is 4.99 Å². The van der Waals surface area contributed by atoms with Crippen molar-refractivity contribution in [3.8, 4) is 17.2 Å². The van der Waals surface area contributed by atoms with E-state index < -0.39 is 5.54 Å². The van der Waals surface area contributed by atoms with Gasteiger partial charge in [-0.3, -0.25) is 0 Å². The fraction of sp³-hybridized carbons (Fsp3) is 0.533. The molecule has 20 heavy (non-hydrogen) atoms. The second-order valence-electron chi connectivity index (χ2n) is 4.82. The molecule has 0 atom stereocenters. The number of isocyanates is 1. The van der Waals surface area contributed by atoms with Crippen molar-refractivity contribution in [2.75, 3.05) is 21.3 Å². The number of ether oxygens (including phenoxy) is 3. The van der Waals surface area contributed by atoms with Gasteiger partial charge in [-0.15, -0.1) is 0 Å². The number of nitrogens with zero attached hydrogens (tertiary/aromatic N) is 1. The average molecular weight is 277 g/mol. The fourth-order valence-electron chi connectivity index (χ4n) is 2.98. The van der Waals surface area contributed by atoms with Crippen LogP contribution in [-0.2, 0) is 10.3 Å². The Morgan fingerprint density at radius 3 is 2.15 bits per heavy atom. The van der Waals surface area contributed by atoms with E-state index in [1.54, 1.807) is 33.5 Å². The van der Waals surface area contributed by atoms with Crippen LogP contribution in [0.2, 0.25) is 0 Å². The van der Waals surface area contributed by atoms with Gasteiger partial charge in [0.15, 0.2) is 11.5 Å². The van der Waals surface area contributed by atoms with E-state index in [0.29, 0.717) is 17.2 Å². The molecule has 0 aliphatic heterocycles. The van der Waals surface area contributed by atoms with Gasteiger partial charge < -0.3 is 14.2 Å². The number of benzene rings is 1. The molecular weight excluding hydrogens is 258 g/mol. The van der Waals surface area contributed by atoms with E-state index in [0.717, 1.165) is 31.2 Å². The molecule has 5 nitrogen and oxygen atoms in total. The summed E-state index contributed by atoms with van der Waals surface area (Å²) in [7, 11) is 4.75.